The summed E-state index contributed by atoms with van der Waals surface area (Å²) in [6.45, 7) is 6.68. The normalized spacial score (nSPS) is 14.8. The molecule has 0 unspecified atom stereocenters. The molecule has 2 aromatic heterocycles. The van der Waals surface area contributed by atoms with Crippen LogP contribution >= 0.6 is 11.8 Å². The first-order valence-electron chi connectivity index (χ1n) is 6.46. The van der Waals surface area contributed by atoms with E-state index in [2.05, 4.69) is 21.3 Å². The van der Waals surface area contributed by atoms with Crippen LogP contribution in [0.25, 0.3) is 0 Å². The molecule has 19 heavy (non-hydrogen) atoms. The molecular formula is C14H17N3OS. The Kier molecular flexibility index (Phi) is 3.46. The molecule has 1 fully saturated rings. The number of rotatable bonds is 6. The Balaban J connectivity index is 1.84. The summed E-state index contributed by atoms with van der Waals surface area (Å²) in [7, 11) is 0. The van der Waals surface area contributed by atoms with Gasteiger partial charge in [-0.05, 0) is 31.9 Å². The second-order valence-corrected chi connectivity index (χ2v) is 5.97. The molecule has 1 aliphatic carbocycles. The molecule has 2 heterocycles. The standard InChI is InChI=1S/C14H17N3OS/c1-10(2)9-19-14-16-15-13(11-5-6-11)17(14)8-12-4-3-7-18-12/h3-4,7,11H,1,5-6,8-9H2,2H3. The highest BCUT2D eigenvalue weighted by Gasteiger charge is 2.30. The Bertz CT molecular complexity index is 570. The average molecular weight is 275 g/mol. The lowest BCUT2D eigenvalue weighted by Gasteiger charge is -2.07. The number of aromatic nitrogens is 3. The first-order valence-corrected chi connectivity index (χ1v) is 7.45. The minimum absolute atomic E-state index is 0.585. The van der Waals surface area contributed by atoms with E-state index < -0.39 is 0 Å². The van der Waals surface area contributed by atoms with Gasteiger partial charge in [-0.2, -0.15) is 0 Å². The van der Waals surface area contributed by atoms with E-state index in [0.717, 1.165) is 28.1 Å². The summed E-state index contributed by atoms with van der Waals surface area (Å²) in [5, 5.41) is 9.64. The van der Waals surface area contributed by atoms with Crippen LogP contribution in [0.1, 0.15) is 37.3 Å². The van der Waals surface area contributed by atoms with E-state index in [-0.39, 0.29) is 0 Å². The molecule has 4 nitrogen and oxygen atoms in total. The Morgan fingerprint density at radius 1 is 1.53 bits per heavy atom. The quantitative estimate of drug-likeness (QED) is 0.598. The second kappa shape index (κ2) is 5.25. The molecule has 0 bridgehead atoms. The van der Waals surface area contributed by atoms with E-state index in [1.54, 1.807) is 18.0 Å². The molecule has 0 spiro atoms. The van der Waals surface area contributed by atoms with Gasteiger partial charge in [-0.3, -0.25) is 4.57 Å². The Morgan fingerprint density at radius 3 is 3.00 bits per heavy atom. The fourth-order valence-corrected chi connectivity index (χ4v) is 2.73. The zero-order chi connectivity index (χ0) is 13.2. The van der Waals surface area contributed by atoms with Crippen molar-refractivity contribution in [2.45, 2.75) is 37.4 Å². The van der Waals surface area contributed by atoms with Crippen LogP contribution in [0.3, 0.4) is 0 Å². The van der Waals surface area contributed by atoms with Gasteiger partial charge in [-0.25, -0.2) is 0 Å². The SMILES string of the molecule is C=C(C)CSc1nnc(C2CC2)n1Cc1ccco1. The molecule has 0 radical (unpaired) electrons. The highest BCUT2D eigenvalue weighted by Crippen LogP contribution is 2.40. The third kappa shape index (κ3) is 2.92. The molecule has 2 aromatic rings. The molecule has 0 N–H and O–H groups in total. The molecule has 0 aromatic carbocycles. The van der Waals surface area contributed by atoms with E-state index in [1.165, 1.54) is 12.8 Å². The van der Waals surface area contributed by atoms with Crippen molar-refractivity contribution in [3.05, 3.63) is 42.1 Å². The number of hydrogen-bond acceptors (Lipinski definition) is 4. The Hall–Kier alpha value is -1.49. The molecule has 100 valence electrons. The van der Waals surface area contributed by atoms with Gasteiger partial charge in [-0.15, -0.1) is 10.2 Å². The molecule has 0 atom stereocenters. The van der Waals surface area contributed by atoms with Gasteiger partial charge in [0.2, 0.25) is 0 Å². The Morgan fingerprint density at radius 2 is 2.37 bits per heavy atom. The maximum atomic E-state index is 5.44. The molecule has 0 aliphatic heterocycles. The lowest BCUT2D eigenvalue weighted by molar-refractivity contribution is 0.478. The summed E-state index contributed by atoms with van der Waals surface area (Å²) < 4.78 is 7.62. The van der Waals surface area contributed by atoms with E-state index >= 15 is 0 Å². The van der Waals surface area contributed by atoms with Crippen LogP contribution in [0.15, 0.2) is 40.1 Å². The van der Waals surface area contributed by atoms with E-state index in [4.69, 9.17) is 4.42 Å². The summed E-state index contributed by atoms with van der Waals surface area (Å²) >= 11 is 1.69. The predicted octanol–water partition coefficient (Wildman–Crippen LogP) is 3.47. The maximum Gasteiger partial charge on any atom is 0.191 e. The summed E-state index contributed by atoms with van der Waals surface area (Å²) in [5.41, 5.74) is 1.14. The summed E-state index contributed by atoms with van der Waals surface area (Å²) in [4.78, 5) is 0. The van der Waals surface area contributed by atoms with E-state index in [0.29, 0.717) is 12.5 Å². The van der Waals surface area contributed by atoms with Crippen molar-refractivity contribution in [2.24, 2.45) is 0 Å². The summed E-state index contributed by atoms with van der Waals surface area (Å²) in [5.74, 6) is 3.50. The first kappa shape index (κ1) is 12.5. The van der Waals surface area contributed by atoms with Crippen LogP contribution in [-0.4, -0.2) is 20.5 Å². The lowest BCUT2D eigenvalue weighted by Crippen LogP contribution is -2.05. The maximum absolute atomic E-state index is 5.44. The molecule has 1 aliphatic rings. The van der Waals surface area contributed by atoms with Gasteiger partial charge in [0.15, 0.2) is 5.16 Å². The van der Waals surface area contributed by atoms with Crippen molar-refractivity contribution in [1.29, 1.82) is 0 Å². The van der Waals surface area contributed by atoms with Gasteiger partial charge in [-0.1, -0.05) is 23.9 Å². The fraction of sp³-hybridized carbons (Fsp3) is 0.429. The van der Waals surface area contributed by atoms with Crippen LogP contribution in [0.4, 0.5) is 0 Å². The number of nitrogens with zero attached hydrogens (tertiary/aromatic N) is 3. The van der Waals surface area contributed by atoms with E-state index in [1.807, 2.05) is 19.1 Å². The van der Waals surface area contributed by atoms with Gasteiger partial charge in [0.1, 0.15) is 11.6 Å². The number of hydrogen-bond donors (Lipinski definition) is 0. The van der Waals surface area contributed by atoms with Crippen molar-refractivity contribution in [3.8, 4) is 0 Å². The molecule has 5 heteroatoms. The van der Waals surface area contributed by atoms with Crippen LogP contribution in [0.2, 0.25) is 0 Å². The second-order valence-electron chi connectivity index (χ2n) is 5.03. The van der Waals surface area contributed by atoms with Crippen LogP contribution in [0, 0.1) is 0 Å². The third-order valence-electron chi connectivity index (χ3n) is 3.03. The van der Waals surface area contributed by atoms with Gasteiger partial charge >= 0.3 is 0 Å². The van der Waals surface area contributed by atoms with Gasteiger partial charge in [0.05, 0.1) is 12.8 Å². The third-order valence-corrected chi connectivity index (χ3v) is 4.23. The number of thioether (sulfide) groups is 1. The largest absolute Gasteiger partial charge is 0.467 e. The van der Waals surface area contributed by atoms with E-state index in [9.17, 15) is 0 Å². The zero-order valence-electron chi connectivity index (χ0n) is 11.0. The predicted molar refractivity (Wildman–Crippen MR) is 75.3 cm³/mol. The van der Waals surface area contributed by atoms with Crippen LogP contribution in [-0.2, 0) is 6.54 Å². The van der Waals surface area contributed by atoms with Crippen LogP contribution in [0.5, 0.6) is 0 Å². The van der Waals surface area contributed by atoms with Crippen molar-refractivity contribution < 1.29 is 4.42 Å². The van der Waals surface area contributed by atoms with Gasteiger partial charge in [0.25, 0.3) is 0 Å². The average Bonchev–Trinajstić information content (AvgIpc) is 2.95. The van der Waals surface area contributed by atoms with Crippen molar-refractivity contribution in [3.63, 3.8) is 0 Å². The lowest BCUT2D eigenvalue weighted by atomic mass is 10.3. The fourth-order valence-electron chi connectivity index (χ4n) is 1.95. The molecular weight excluding hydrogens is 258 g/mol. The minimum atomic E-state index is 0.585. The highest BCUT2D eigenvalue weighted by molar-refractivity contribution is 7.99. The first-order chi connectivity index (χ1) is 9.24. The van der Waals surface area contributed by atoms with Gasteiger partial charge < -0.3 is 4.42 Å². The smallest absolute Gasteiger partial charge is 0.191 e. The van der Waals surface area contributed by atoms with Crippen LogP contribution < -0.4 is 0 Å². The molecule has 3 rings (SSSR count). The van der Waals surface area contributed by atoms with Gasteiger partial charge in [0, 0.05) is 11.7 Å². The number of furan rings is 1. The monoisotopic (exact) mass is 275 g/mol. The molecule has 0 saturated heterocycles. The zero-order valence-corrected chi connectivity index (χ0v) is 11.8. The summed E-state index contributed by atoms with van der Waals surface area (Å²) in [6, 6.07) is 3.90. The highest BCUT2D eigenvalue weighted by atomic mass is 32.2. The Labute approximate surface area is 116 Å². The van der Waals surface area contributed by atoms with Crippen molar-refractivity contribution in [2.75, 3.05) is 5.75 Å². The molecule has 1 saturated carbocycles. The van der Waals surface area contributed by atoms with Crippen molar-refractivity contribution in [1.82, 2.24) is 14.8 Å². The minimum Gasteiger partial charge on any atom is -0.467 e. The molecule has 0 amide bonds. The van der Waals surface area contributed by atoms with Crippen molar-refractivity contribution >= 4 is 11.8 Å². The summed E-state index contributed by atoms with van der Waals surface area (Å²) in [6.07, 6.45) is 4.15. The topological polar surface area (TPSA) is 43.9 Å².